The van der Waals surface area contributed by atoms with E-state index in [-0.39, 0.29) is 0 Å². The minimum Gasteiger partial charge on any atom is -0.375 e. The molecule has 18 heavy (non-hydrogen) atoms. The summed E-state index contributed by atoms with van der Waals surface area (Å²) in [5.41, 5.74) is 10.1. The molecule has 6 saturated carbocycles. The number of rotatable bonds is 2. The average molecular weight is 261 g/mol. The van der Waals surface area contributed by atoms with Crippen molar-refractivity contribution in [2.45, 2.75) is 26.2 Å². The van der Waals surface area contributed by atoms with Gasteiger partial charge in [0.2, 0.25) is 0 Å². The van der Waals surface area contributed by atoms with Crippen molar-refractivity contribution >= 4 is 23.0 Å². The molecule has 6 aliphatic rings. The summed E-state index contributed by atoms with van der Waals surface area (Å²) in [5.74, 6) is 7.18. The van der Waals surface area contributed by atoms with Gasteiger partial charge in [0.1, 0.15) is 0 Å². The van der Waals surface area contributed by atoms with Crippen LogP contribution < -0.4 is 11.2 Å². The largest absolute Gasteiger partial charge is 0.375 e. The molecule has 0 heterocycles. The first-order valence-corrected chi connectivity index (χ1v) is 7.65. The topological polar surface area (TPSA) is 50.4 Å². The normalized spacial score (nSPS) is 61.4. The molecule has 8 atom stereocenters. The highest BCUT2D eigenvalue weighted by molar-refractivity contribution is 7.80. The zero-order valence-electron chi connectivity index (χ0n) is 10.6. The van der Waals surface area contributed by atoms with Gasteiger partial charge in [0.25, 0.3) is 0 Å². The lowest BCUT2D eigenvalue weighted by molar-refractivity contribution is 0.101. The number of hydrazone groups is 1. The van der Waals surface area contributed by atoms with Gasteiger partial charge in [-0.15, -0.1) is 0 Å². The van der Waals surface area contributed by atoms with Crippen molar-refractivity contribution in [2.24, 2.45) is 57.7 Å². The molecular formula is C14H19N3S. The molecule has 0 aromatic rings. The molecule has 8 unspecified atom stereocenters. The molecule has 96 valence electrons. The summed E-state index contributed by atoms with van der Waals surface area (Å²) >= 11 is 4.87. The maximum Gasteiger partial charge on any atom is 0.184 e. The van der Waals surface area contributed by atoms with Gasteiger partial charge in [-0.25, -0.2) is 0 Å². The van der Waals surface area contributed by atoms with E-state index in [1.54, 1.807) is 6.42 Å². The van der Waals surface area contributed by atoms with E-state index >= 15 is 0 Å². The molecular weight excluding hydrogens is 242 g/mol. The van der Waals surface area contributed by atoms with Crippen LogP contribution in [0.4, 0.5) is 0 Å². The molecule has 4 heteroatoms. The van der Waals surface area contributed by atoms with E-state index in [9.17, 15) is 0 Å². The molecule has 6 rings (SSSR count). The number of nitrogens with zero attached hydrogens (tertiary/aromatic N) is 1. The van der Waals surface area contributed by atoms with Gasteiger partial charge in [-0.2, -0.15) is 5.10 Å². The molecule has 0 aromatic carbocycles. The Morgan fingerprint density at radius 3 is 2.83 bits per heavy atom. The molecule has 0 saturated heterocycles. The fraction of sp³-hybridized carbons (Fsp3) is 0.857. The van der Waals surface area contributed by atoms with E-state index in [0.29, 0.717) is 10.5 Å². The fourth-order valence-electron chi connectivity index (χ4n) is 7.50. The van der Waals surface area contributed by atoms with E-state index in [2.05, 4.69) is 17.5 Å². The minimum absolute atomic E-state index is 0.292. The van der Waals surface area contributed by atoms with Crippen molar-refractivity contribution < 1.29 is 0 Å². The highest BCUT2D eigenvalue weighted by atomic mass is 32.1. The monoisotopic (exact) mass is 261 g/mol. The predicted octanol–water partition coefficient (Wildman–Crippen LogP) is 1.73. The first kappa shape index (κ1) is 10.2. The Bertz CT molecular complexity index is 499. The summed E-state index contributed by atoms with van der Waals surface area (Å²) in [5, 5.41) is 4.82. The number of nitrogens with one attached hydrogen (secondary N) is 1. The summed E-state index contributed by atoms with van der Waals surface area (Å²) in [6.45, 7) is 2.21. The second-order valence-corrected chi connectivity index (χ2v) is 7.69. The summed E-state index contributed by atoms with van der Waals surface area (Å²) in [7, 11) is 0. The number of hydrogen-bond donors (Lipinski definition) is 2. The van der Waals surface area contributed by atoms with E-state index in [1.165, 1.54) is 18.6 Å². The van der Waals surface area contributed by atoms with Gasteiger partial charge in [-0.3, -0.25) is 5.43 Å². The zero-order valence-corrected chi connectivity index (χ0v) is 11.4. The molecule has 0 aliphatic heterocycles. The molecule has 0 amide bonds. The van der Waals surface area contributed by atoms with Crippen molar-refractivity contribution in [2.75, 3.05) is 0 Å². The Kier molecular flexibility index (Phi) is 1.56. The summed E-state index contributed by atoms with van der Waals surface area (Å²) in [6.07, 6.45) is 4.45. The second-order valence-electron chi connectivity index (χ2n) is 7.25. The Morgan fingerprint density at radius 1 is 1.28 bits per heavy atom. The van der Waals surface area contributed by atoms with E-state index in [1.807, 2.05) is 0 Å². The lowest BCUT2D eigenvalue weighted by Gasteiger charge is -2.42. The SMILES string of the molecule is C/C(=N\NC(N)=S)C12CC3C4CC5C(CC1C35)C42. The van der Waals surface area contributed by atoms with Crippen LogP contribution in [0.25, 0.3) is 0 Å². The highest BCUT2D eigenvalue weighted by Crippen LogP contribution is 2.87. The van der Waals surface area contributed by atoms with Crippen LogP contribution in [0.5, 0.6) is 0 Å². The maximum atomic E-state index is 5.50. The lowest BCUT2D eigenvalue weighted by Crippen LogP contribution is -2.43. The molecule has 0 aromatic heterocycles. The van der Waals surface area contributed by atoms with Gasteiger partial charge in [0.15, 0.2) is 5.11 Å². The first-order chi connectivity index (χ1) is 8.64. The van der Waals surface area contributed by atoms with Crippen molar-refractivity contribution in [3.05, 3.63) is 0 Å². The van der Waals surface area contributed by atoms with Gasteiger partial charge < -0.3 is 5.73 Å². The highest BCUT2D eigenvalue weighted by Gasteiger charge is 2.83. The summed E-state index contributed by atoms with van der Waals surface area (Å²) in [6, 6.07) is 0. The molecule has 6 bridgehead atoms. The summed E-state index contributed by atoms with van der Waals surface area (Å²) in [4.78, 5) is 0. The van der Waals surface area contributed by atoms with Crippen molar-refractivity contribution in [1.82, 2.24) is 5.43 Å². The molecule has 0 spiro atoms. The van der Waals surface area contributed by atoms with E-state index in [0.717, 1.165) is 41.4 Å². The van der Waals surface area contributed by atoms with E-state index in [4.69, 9.17) is 18.0 Å². The Balaban J connectivity index is 1.59. The van der Waals surface area contributed by atoms with Crippen molar-refractivity contribution in [3.63, 3.8) is 0 Å². The average Bonchev–Trinajstić information content (AvgIpc) is 2.98. The number of thiocarbonyl (C=S) groups is 1. The Labute approximate surface area is 113 Å². The predicted molar refractivity (Wildman–Crippen MR) is 73.7 cm³/mol. The van der Waals surface area contributed by atoms with Crippen LogP contribution in [0.2, 0.25) is 0 Å². The maximum absolute atomic E-state index is 5.50. The van der Waals surface area contributed by atoms with Gasteiger partial charge in [-0.05, 0) is 79.8 Å². The molecule has 3 N–H and O–H groups in total. The van der Waals surface area contributed by atoms with Gasteiger partial charge in [-0.1, -0.05) is 0 Å². The van der Waals surface area contributed by atoms with E-state index < -0.39 is 0 Å². The smallest absolute Gasteiger partial charge is 0.184 e. The van der Waals surface area contributed by atoms with Crippen molar-refractivity contribution in [1.29, 1.82) is 0 Å². The third kappa shape index (κ3) is 0.789. The standard InChI is InChI=1S/C14H19N3S/c1-5(16-17-13(15)18)14-4-9-7-2-6-8(12(7)14)3-10(14)11(6)9/h6-12H,2-4H2,1H3,(H3,15,17,18)/b16-5+. The third-order valence-electron chi connectivity index (χ3n) is 7.38. The first-order valence-electron chi connectivity index (χ1n) is 7.25. The van der Waals surface area contributed by atoms with Gasteiger partial charge in [0.05, 0.1) is 0 Å². The Morgan fingerprint density at radius 2 is 2.06 bits per heavy atom. The van der Waals surface area contributed by atoms with Gasteiger partial charge >= 0.3 is 0 Å². The van der Waals surface area contributed by atoms with Crippen LogP contribution in [0.15, 0.2) is 5.10 Å². The third-order valence-corrected chi connectivity index (χ3v) is 7.47. The van der Waals surface area contributed by atoms with Gasteiger partial charge in [0, 0.05) is 11.1 Å². The van der Waals surface area contributed by atoms with Crippen LogP contribution in [-0.2, 0) is 0 Å². The van der Waals surface area contributed by atoms with Crippen LogP contribution in [0, 0.1) is 46.8 Å². The summed E-state index contributed by atoms with van der Waals surface area (Å²) < 4.78 is 0. The number of nitrogens with two attached hydrogens (primary N) is 1. The van der Waals surface area contributed by atoms with Crippen molar-refractivity contribution in [3.8, 4) is 0 Å². The minimum atomic E-state index is 0.292. The van der Waals surface area contributed by atoms with Crippen LogP contribution in [-0.4, -0.2) is 10.8 Å². The molecule has 3 nitrogen and oxygen atoms in total. The second kappa shape index (κ2) is 2.77. The lowest BCUT2D eigenvalue weighted by atomic mass is 9.62. The molecule has 6 fully saturated rings. The Hall–Kier alpha value is -0.640. The zero-order chi connectivity index (χ0) is 12.2. The van der Waals surface area contributed by atoms with Crippen LogP contribution >= 0.6 is 12.2 Å². The fourth-order valence-corrected chi connectivity index (χ4v) is 7.55. The van der Waals surface area contributed by atoms with Crippen LogP contribution in [0.3, 0.4) is 0 Å². The molecule has 6 aliphatic carbocycles. The number of hydrogen-bond acceptors (Lipinski definition) is 2. The van der Waals surface area contributed by atoms with Crippen LogP contribution in [0.1, 0.15) is 26.2 Å². The molecule has 0 radical (unpaired) electrons. The quantitative estimate of drug-likeness (QED) is 0.452.